The Labute approximate surface area is 172 Å². The number of nitrogens with zero attached hydrogens (tertiary/aromatic N) is 1. The van der Waals surface area contributed by atoms with Crippen LogP contribution in [0.15, 0.2) is 56.8 Å². The summed E-state index contributed by atoms with van der Waals surface area (Å²) in [6, 6.07) is 6.43. The van der Waals surface area contributed by atoms with Crippen molar-refractivity contribution in [2.75, 3.05) is 24.7 Å². The maximum absolute atomic E-state index is 12.2. The van der Waals surface area contributed by atoms with Gasteiger partial charge in [0.15, 0.2) is 15.5 Å². The predicted molar refractivity (Wildman–Crippen MR) is 116 cm³/mol. The SMILES string of the molecule is CCC1=C(NCCN)CCC(C)=C(Nc2cccc(S(C)(=O)=O)c2)C(C(N)=O)=N1. The summed E-state index contributed by atoms with van der Waals surface area (Å²) in [4.78, 5) is 17.0. The number of hydrogen-bond acceptors (Lipinski definition) is 7. The van der Waals surface area contributed by atoms with Gasteiger partial charge in [-0.2, -0.15) is 0 Å². The molecule has 2 rings (SSSR count). The highest BCUT2D eigenvalue weighted by Crippen LogP contribution is 2.25. The summed E-state index contributed by atoms with van der Waals surface area (Å²) < 4.78 is 23.7. The molecule has 0 radical (unpaired) electrons. The summed E-state index contributed by atoms with van der Waals surface area (Å²) in [6.07, 6.45) is 3.17. The summed E-state index contributed by atoms with van der Waals surface area (Å²) in [7, 11) is -3.36. The number of nitrogens with one attached hydrogen (secondary N) is 2. The fourth-order valence-electron chi connectivity index (χ4n) is 3.04. The van der Waals surface area contributed by atoms with Crippen LogP contribution < -0.4 is 22.1 Å². The van der Waals surface area contributed by atoms with Gasteiger partial charge in [-0.25, -0.2) is 13.4 Å². The van der Waals surface area contributed by atoms with Gasteiger partial charge >= 0.3 is 0 Å². The Morgan fingerprint density at radius 3 is 2.59 bits per heavy atom. The standard InChI is InChI=1S/C20H29N5O3S/c1-4-16-17(23-11-10-21)9-8-13(2)18(19(25-16)20(22)26)24-14-6-5-7-15(12-14)29(3,27)28/h5-7,12,23-24H,4,8-11,21H2,1-3H3,(H2,22,26). The number of aliphatic imine (C=N–C) groups is 1. The quantitative estimate of drug-likeness (QED) is 0.505. The Balaban J connectivity index is 2.51. The van der Waals surface area contributed by atoms with E-state index in [2.05, 4.69) is 15.6 Å². The largest absolute Gasteiger partial charge is 0.386 e. The molecule has 0 saturated carbocycles. The highest BCUT2D eigenvalue weighted by atomic mass is 32.2. The molecule has 158 valence electrons. The third-order valence-corrected chi connectivity index (χ3v) is 5.70. The molecular formula is C20H29N5O3S. The Hall–Kier alpha value is -2.65. The van der Waals surface area contributed by atoms with Gasteiger partial charge in [0, 0.05) is 30.7 Å². The third-order valence-electron chi connectivity index (χ3n) is 4.59. The Morgan fingerprint density at radius 1 is 1.28 bits per heavy atom. The van der Waals surface area contributed by atoms with Gasteiger partial charge < -0.3 is 22.1 Å². The van der Waals surface area contributed by atoms with Crippen LogP contribution in [0.25, 0.3) is 0 Å². The maximum atomic E-state index is 12.2. The number of allylic oxidation sites excluding steroid dienone is 3. The maximum Gasteiger partial charge on any atom is 0.269 e. The Kier molecular flexibility index (Phi) is 7.58. The molecule has 9 heteroatoms. The Bertz CT molecular complexity index is 978. The van der Waals surface area contributed by atoms with Crippen LogP contribution >= 0.6 is 0 Å². The third kappa shape index (κ3) is 5.91. The van der Waals surface area contributed by atoms with Gasteiger partial charge in [-0.3, -0.25) is 4.79 Å². The highest BCUT2D eigenvalue weighted by molar-refractivity contribution is 7.90. The van der Waals surface area contributed by atoms with E-state index in [-0.39, 0.29) is 10.6 Å². The normalized spacial score (nSPS) is 15.5. The highest BCUT2D eigenvalue weighted by Gasteiger charge is 2.21. The first-order valence-corrected chi connectivity index (χ1v) is 11.4. The van der Waals surface area contributed by atoms with E-state index in [1.807, 2.05) is 13.8 Å². The van der Waals surface area contributed by atoms with Crippen LogP contribution in [0.4, 0.5) is 5.69 Å². The molecule has 1 aliphatic heterocycles. The van der Waals surface area contributed by atoms with Crippen LogP contribution in [0, 0.1) is 0 Å². The molecule has 0 saturated heterocycles. The molecule has 0 aliphatic carbocycles. The van der Waals surface area contributed by atoms with Crippen LogP contribution in [0.3, 0.4) is 0 Å². The summed E-state index contributed by atoms with van der Waals surface area (Å²) in [5.74, 6) is -0.655. The van der Waals surface area contributed by atoms with Crippen molar-refractivity contribution in [3.8, 4) is 0 Å². The molecule has 29 heavy (non-hydrogen) atoms. The van der Waals surface area contributed by atoms with Gasteiger partial charge in [-0.1, -0.05) is 13.0 Å². The van der Waals surface area contributed by atoms with E-state index in [1.54, 1.807) is 12.1 Å². The van der Waals surface area contributed by atoms with Gasteiger partial charge in [0.05, 0.1) is 16.3 Å². The topological polar surface area (TPSA) is 140 Å². The van der Waals surface area contributed by atoms with Crippen molar-refractivity contribution in [2.45, 2.75) is 38.0 Å². The zero-order valence-electron chi connectivity index (χ0n) is 17.1. The zero-order valence-corrected chi connectivity index (χ0v) is 17.9. The lowest BCUT2D eigenvalue weighted by atomic mass is 10.0. The molecule has 8 nitrogen and oxygen atoms in total. The van der Waals surface area contributed by atoms with E-state index < -0.39 is 15.7 Å². The fraction of sp³-hybridized carbons (Fsp3) is 0.400. The van der Waals surface area contributed by atoms with Crippen molar-refractivity contribution < 1.29 is 13.2 Å². The molecule has 0 atom stereocenters. The van der Waals surface area contributed by atoms with Crippen molar-refractivity contribution >= 4 is 27.1 Å². The molecule has 1 aromatic rings. The molecule has 0 aromatic heterocycles. The predicted octanol–water partition coefficient (Wildman–Crippen LogP) is 1.67. The lowest BCUT2D eigenvalue weighted by Gasteiger charge is -2.21. The molecule has 1 heterocycles. The Morgan fingerprint density at radius 2 is 2.00 bits per heavy atom. The molecule has 0 bridgehead atoms. The lowest BCUT2D eigenvalue weighted by molar-refractivity contribution is -0.111. The second-order valence-corrected chi connectivity index (χ2v) is 8.91. The van der Waals surface area contributed by atoms with Crippen LogP contribution in [-0.2, 0) is 14.6 Å². The van der Waals surface area contributed by atoms with E-state index >= 15 is 0 Å². The molecule has 6 N–H and O–H groups in total. The number of benzene rings is 1. The number of nitrogens with two attached hydrogens (primary N) is 2. The second-order valence-electron chi connectivity index (χ2n) is 6.90. The number of carbonyl (C=O) groups excluding carboxylic acids is 1. The smallest absolute Gasteiger partial charge is 0.269 e. The van der Waals surface area contributed by atoms with Crippen LogP contribution in [0.1, 0.15) is 33.1 Å². The summed E-state index contributed by atoms with van der Waals surface area (Å²) in [6.45, 7) is 4.97. The lowest BCUT2D eigenvalue weighted by Crippen LogP contribution is -2.31. The number of amides is 1. The van der Waals surface area contributed by atoms with Gasteiger partial charge in [-0.05, 0) is 50.0 Å². The van der Waals surface area contributed by atoms with E-state index in [1.165, 1.54) is 12.1 Å². The number of carbonyl (C=O) groups is 1. The molecular weight excluding hydrogens is 390 g/mol. The molecule has 1 aromatic carbocycles. The van der Waals surface area contributed by atoms with Crippen LogP contribution in [0.5, 0.6) is 0 Å². The monoisotopic (exact) mass is 419 g/mol. The van der Waals surface area contributed by atoms with Crippen molar-refractivity contribution in [3.63, 3.8) is 0 Å². The van der Waals surface area contributed by atoms with Gasteiger partial charge in [0.25, 0.3) is 5.91 Å². The minimum atomic E-state index is -3.36. The number of sulfone groups is 1. The van der Waals surface area contributed by atoms with E-state index in [0.29, 0.717) is 37.3 Å². The zero-order chi connectivity index (χ0) is 21.6. The molecule has 0 fully saturated rings. The average Bonchev–Trinajstić information content (AvgIpc) is 2.66. The van der Waals surface area contributed by atoms with Crippen LogP contribution in [-0.4, -0.2) is 39.4 Å². The van der Waals surface area contributed by atoms with Crippen molar-refractivity contribution in [3.05, 3.63) is 46.9 Å². The summed E-state index contributed by atoms with van der Waals surface area (Å²) >= 11 is 0. The van der Waals surface area contributed by atoms with E-state index in [0.717, 1.165) is 29.6 Å². The number of anilines is 1. The number of primary amides is 1. The van der Waals surface area contributed by atoms with E-state index in [9.17, 15) is 13.2 Å². The summed E-state index contributed by atoms with van der Waals surface area (Å²) in [5, 5.41) is 6.46. The van der Waals surface area contributed by atoms with Crippen molar-refractivity contribution in [2.24, 2.45) is 16.5 Å². The molecule has 0 spiro atoms. The van der Waals surface area contributed by atoms with Crippen molar-refractivity contribution in [1.82, 2.24) is 5.32 Å². The number of rotatable bonds is 8. The minimum Gasteiger partial charge on any atom is -0.386 e. The molecule has 1 amide bonds. The first kappa shape index (κ1) is 22.6. The fourth-order valence-corrected chi connectivity index (χ4v) is 3.71. The molecule has 1 aliphatic rings. The second kappa shape index (κ2) is 9.71. The minimum absolute atomic E-state index is 0.121. The first-order valence-electron chi connectivity index (χ1n) is 9.49. The average molecular weight is 420 g/mol. The summed E-state index contributed by atoms with van der Waals surface area (Å²) in [5.41, 5.74) is 15.0. The number of hydrogen-bond donors (Lipinski definition) is 4. The van der Waals surface area contributed by atoms with Crippen molar-refractivity contribution in [1.29, 1.82) is 0 Å². The van der Waals surface area contributed by atoms with Crippen LogP contribution in [0.2, 0.25) is 0 Å². The molecule has 0 unspecified atom stereocenters. The van der Waals surface area contributed by atoms with Gasteiger partial charge in [-0.15, -0.1) is 0 Å². The van der Waals surface area contributed by atoms with Gasteiger partial charge in [0.2, 0.25) is 0 Å². The van der Waals surface area contributed by atoms with Gasteiger partial charge in [0.1, 0.15) is 0 Å². The first-order chi connectivity index (χ1) is 13.7. The van der Waals surface area contributed by atoms with E-state index in [4.69, 9.17) is 11.5 Å².